The first kappa shape index (κ1) is 21.5. The summed E-state index contributed by atoms with van der Waals surface area (Å²) in [5.41, 5.74) is 1.42. The Morgan fingerprint density at radius 1 is 1.24 bits per heavy atom. The van der Waals surface area contributed by atoms with Crippen molar-refractivity contribution < 1.29 is 22.7 Å². The van der Waals surface area contributed by atoms with Crippen molar-refractivity contribution in [1.82, 2.24) is 0 Å². The summed E-state index contributed by atoms with van der Waals surface area (Å²) in [6, 6.07) is 6.13. The maximum atomic E-state index is 13.0. The maximum Gasteiger partial charge on any atom is 0.341 e. The number of carbonyl (C=O) groups excluding carboxylic acids is 2. The number of hydrogen-bond donors (Lipinski definition) is 1. The van der Waals surface area contributed by atoms with Crippen LogP contribution in [0.5, 0.6) is 0 Å². The lowest BCUT2D eigenvalue weighted by Crippen LogP contribution is -2.19. The van der Waals surface area contributed by atoms with Crippen molar-refractivity contribution in [2.75, 3.05) is 17.7 Å². The highest BCUT2D eigenvalue weighted by atomic mass is 32.2. The van der Waals surface area contributed by atoms with E-state index in [1.54, 1.807) is 19.1 Å². The molecule has 6 nitrogen and oxygen atoms in total. The minimum absolute atomic E-state index is 0.00683. The number of thiophene rings is 1. The van der Waals surface area contributed by atoms with Gasteiger partial charge in [-0.2, -0.15) is 0 Å². The van der Waals surface area contributed by atoms with Gasteiger partial charge < -0.3 is 10.1 Å². The lowest BCUT2D eigenvalue weighted by atomic mass is 9.88. The van der Waals surface area contributed by atoms with Crippen LogP contribution in [0.2, 0.25) is 0 Å². The molecule has 1 aliphatic rings. The van der Waals surface area contributed by atoms with Crippen LogP contribution in [0.1, 0.15) is 58.3 Å². The predicted octanol–water partition coefficient (Wildman–Crippen LogP) is 4.10. The number of hydrogen-bond acceptors (Lipinski definition) is 6. The first-order chi connectivity index (χ1) is 13.8. The van der Waals surface area contributed by atoms with E-state index in [4.69, 9.17) is 4.74 Å². The first-order valence-electron chi connectivity index (χ1n) is 9.73. The van der Waals surface area contributed by atoms with Crippen molar-refractivity contribution in [3.05, 3.63) is 45.8 Å². The summed E-state index contributed by atoms with van der Waals surface area (Å²) in [5, 5.41) is 3.22. The molecule has 1 unspecified atom stereocenters. The van der Waals surface area contributed by atoms with Gasteiger partial charge in [0.15, 0.2) is 9.84 Å². The van der Waals surface area contributed by atoms with Crippen molar-refractivity contribution in [1.29, 1.82) is 0 Å². The van der Waals surface area contributed by atoms with Gasteiger partial charge in [0.05, 0.1) is 28.4 Å². The second-order valence-electron chi connectivity index (χ2n) is 7.13. The summed E-state index contributed by atoms with van der Waals surface area (Å²) in [4.78, 5) is 26.7. The van der Waals surface area contributed by atoms with Crippen LogP contribution in [0.3, 0.4) is 0 Å². The van der Waals surface area contributed by atoms with Gasteiger partial charge in [0.1, 0.15) is 5.00 Å². The van der Waals surface area contributed by atoms with Crippen LogP contribution in [0.25, 0.3) is 0 Å². The molecule has 2 aromatic rings. The smallest absolute Gasteiger partial charge is 0.341 e. The molecule has 0 aliphatic heterocycles. The third-order valence-corrected chi connectivity index (χ3v) is 8.02. The minimum Gasteiger partial charge on any atom is -0.462 e. The Labute approximate surface area is 175 Å². The fourth-order valence-corrected chi connectivity index (χ4v) is 6.00. The Hall–Kier alpha value is -2.19. The topological polar surface area (TPSA) is 89.5 Å². The Balaban J connectivity index is 2.01. The van der Waals surface area contributed by atoms with E-state index in [1.165, 1.54) is 30.4 Å². The fraction of sp³-hybridized carbons (Fsp3) is 0.429. The number of carbonyl (C=O) groups is 2. The van der Waals surface area contributed by atoms with Gasteiger partial charge in [0, 0.05) is 4.88 Å². The molecule has 1 aliphatic carbocycles. The molecule has 1 aromatic carbocycles. The second-order valence-corrected chi connectivity index (χ2v) is 10.5. The van der Waals surface area contributed by atoms with Crippen molar-refractivity contribution in [2.45, 2.75) is 44.9 Å². The average Bonchev–Trinajstić information content (AvgIpc) is 3.04. The predicted molar refractivity (Wildman–Crippen MR) is 114 cm³/mol. The number of sulfone groups is 1. The summed E-state index contributed by atoms with van der Waals surface area (Å²) < 4.78 is 30.0. The van der Waals surface area contributed by atoms with E-state index in [1.807, 2.05) is 0 Å². The van der Waals surface area contributed by atoms with Gasteiger partial charge in [-0.1, -0.05) is 26.0 Å². The summed E-state index contributed by atoms with van der Waals surface area (Å²) in [7, 11) is -3.56. The molecule has 8 heteroatoms. The van der Waals surface area contributed by atoms with Gasteiger partial charge in [-0.3, -0.25) is 4.79 Å². The Kier molecular flexibility index (Phi) is 6.43. The molecule has 0 fully saturated rings. The highest BCUT2D eigenvalue weighted by Gasteiger charge is 2.30. The molecule has 0 saturated heterocycles. The van der Waals surface area contributed by atoms with Crippen LogP contribution in [-0.4, -0.2) is 32.7 Å². The molecule has 0 radical (unpaired) electrons. The van der Waals surface area contributed by atoms with E-state index >= 15 is 0 Å². The SMILES string of the molecule is CCOC(=O)c1c(NC(=O)c2ccccc2S(=O)(=O)CC)sc2c1CCC(C)C2. The number of nitrogens with one attached hydrogen (secondary N) is 1. The Bertz CT molecular complexity index is 1040. The normalized spacial score (nSPS) is 16.2. The summed E-state index contributed by atoms with van der Waals surface area (Å²) in [6.45, 7) is 5.68. The Morgan fingerprint density at radius 3 is 2.66 bits per heavy atom. The first-order valence-corrected chi connectivity index (χ1v) is 12.2. The van der Waals surface area contributed by atoms with Crippen LogP contribution in [0.4, 0.5) is 5.00 Å². The van der Waals surface area contributed by atoms with Gasteiger partial charge in [-0.25, -0.2) is 13.2 Å². The molecule has 1 N–H and O–H groups in total. The molecular weight excluding hydrogens is 410 g/mol. The monoisotopic (exact) mass is 435 g/mol. The van der Waals surface area contributed by atoms with E-state index in [2.05, 4.69) is 12.2 Å². The largest absolute Gasteiger partial charge is 0.462 e. The van der Waals surface area contributed by atoms with E-state index in [0.29, 0.717) is 16.5 Å². The molecule has 3 rings (SSSR count). The third kappa shape index (κ3) is 4.38. The third-order valence-electron chi connectivity index (χ3n) is 5.07. The lowest BCUT2D eigenvalue weighted by molar-refractivity contribution is 0.0526. The summed E-state index contributed by atoms with van der Waals surface area (Å²) >= 11 is 1.38. The molecule has 0 saturated carbocycles. The zero-order valence-corrected chi connectivity index (χ0v) is 18.4. The van der Waals surface area contributed by atoms with E-state index in [9.17, 15) is 18.0 Å². The molecule has 29 heavy (non-hydrogen) atoms. The number of amides is 1. The van der Waals surface area contributed by atoms with E-state index < -0.39 is 21.7 Å². The number of fused-ring (bicyclic) bond motifs is 1. The van der Waals surface area contributed by atoms with Gasteiger partial charge >= 0.3 is 5.97 Å². The quantitative estimate of drug-likeness (QED) is 0.690. The van der Waals surface area contributed by atoms with E-state index in [-0.39, 0.29) is 22.8 Å². The molecule has 0 spiro atoms. The number of benzene rings is 1. The molecule has 1 atom stereocenters. The van der Waals surface area contributed by atoms with Gasteiger partial charge in [-0.15, -0.1) is 11.3 Å². The average molecular weight is 436 g/mol. The van der Waals surface area contributed by atoms with Crippen LogP contribution < -0.4 is 5.32 Å². The van der Waals surface area contributed by atoms with Crippen molar-refractivity contribution >= 4 is 38.1 Å². The second kappa shape index (κ2) is 8.67. The highest BCUT2D eigenvalue weighted by Crippen LogP contribution is 2.40. The molecule has 1 amide bonds. The molecule has 0 bridgehead atoms. The molecule has 1 aromatic heterocycles. The molecule has 156 valence electrons. The van der Waals surface area contributed by atoms with Gasteiger partial charge in [0.25, 0.3) is 5.91 Å². The lowest BCUT2D eigenvalue weighted by Gasteiger charge is -2.18. The molecular formula is C21H25NO5S2. The fourth-order valence-electron chi connectivity index (χ4n) is 3.51. The highest BCUT2D eigenvalue weighted by molar-refractivity contribution is 7.91. The van der Waals surface area contributed by atoms with Crippen LogP contribution in [0.15, 0.2) is 29.2 Å². The van der Waals surface area contributed by atoms with Gasteiger partial charge in [-0.05, 0) is 49.8 Å². The van der Waals surface area contributed by atoms with Crippen LogP contribution >= 0.6 is 11.3 Å². The standard InChI is InChI=1S/C21H25NO5S2/c1-4-27-21(24)18-14-11-10-13(3)12-16(14)28-20(18)22-19(23)15-8-6-7-9-17(15)29(25,26)5-2/h6-9,13H,4-5,10-12H2,1-3H3,(H,22,23). The zero-order chi connectivity index (χ0) is 21.2. The van der Waals surface area contributed by atoms with Crippen LogP contribution in [0, 0.1) is 5.92 Å². The van der Waals surface area contributed by atoms with Crippen molar-refractivity contribution in [2.24, 2.45) is 5.92 Å². The van der Waals surface area contributed by atoms with Crippen molar-refractivity contribution in [3.8, 4) is 0 Å². The minimum atomic E-state index is -3.56. The van der Waals surface area contributed by atoms with Gasteiger partial charge in [0.2, 0.25) is 0 Å². The van der Waals surface area contributed by atoms with Crippen LogP contribution in [-0.2, 0) is 27.4 Å². The molecule has 1 heterocycles. The number of anilines is 1. The maximum absolute atomic E-state index is 13.0. The van der Waals surface area contributed by atoms with E-state index in [0.717, 1.165) is 29.7 Å². The summed E-state index contributed by atoms with van der Waals surface area (Å²) in [5.74, 6) is -0.592. The number of ether oxygens (including phenoxy) is 1. The number of rotatable bonds is 6. The summed E-state index contributed by atoms with van der Waals surface area (Å²) in [6.07, 6.45) is 2.59. The number of esters is 1. The van der Waals surface area contributed by atoms with Crippen molar-refractivity contribution in [3.63, 3.8) is 0 Å². The Morgan fingerprint density at radius 2 is 1.97 bits per heavy atom. The zero-order valence-electron chi connectivity index (χ0n) is 16.8.